The number of hydrogen-bond donors (Lipinski definition) is 1. The van der Waals surface area contributed by atoms with E-state index in [1.165, 1.54) is 12.5 Å². The van der Waals surface area contributed by atoms with Crippen molar-refractivity contribution in [3.63, 3.8) is 0 Å². The molecule has 0 saturated heterocycles. The fraction of sp³-hybridized carbons (Fsp3) is 1.00. The van der Waals surface area contributed by atoms with Crippen LogP contribution in [0.5, 0.6) is 0 Å². The third-order valence-corrected chi connectivity index (χ3v) is 9.30. The van der Waals surface area contributed by atoms with Crippen molar-refractivity contribution in [2.75, 3.05) is 6.54 Å². The van der Waals surface area contributed by atoms with E-state index in [-0.39, 0.29) is 0 Å². The highest BCUT2D eigenvalue weighted by atomic mass is 29.2. The lowest BCUT2D eigenvalue weighted by Gasteiger charge is -2.13. The van der Waals surface area contributed by atoms with Crippen LogP contribution in [0.15, 0.2) is 0 Å². The Morgan fingerprint density at radius 3 is 2.22 bits per heavy atom. The normalized spacial score (nSPS) is 13.3. The van der Waals surface area contributed by atoms with Gasteiger partial charge in [0.2, 0.25) is 0 Å². The van der Waals surface area contributed by atoms with Gasteiger partial charge in [0, 0.05) is 16.6 Å². The second-order valence-corrected chi connectivity index (χ2v) is 18.0. The first-order valence-electron chi connectivity index (χ1n) is 3.76. The summed E-state index contributed by atoms with van der Waals surface area (Å²) < 4.78 is 0. The van der Waals surface area contributed by atoms with E-state index in [9.17, 15) is 0 Å². The predicted octanol–water partition coefficient (Wildman–Crippen LogP) is 0.757. The van der Waals surface area contributed by atoms with Crippen molar-refractivity contribution in [1.82, 2.24) is 0 Å². The second kappa shape index (κ2) is 4.25. The third kappa shape index (κ3) is 8.39. The van der Waals surface area contributed by atoms with Gasteiger partial charge in [-0.15, -0.1) is 0 Å². The maximum atomic E-state index is 5.40. The van der Waals surface area contributed by atoms with Crippen LogP contribution in [-0.4, -0.2) is 23.2 Å². The molecule has 0 spiro atoms. The molecule has 0 aliphatic rings. The summed E-state index contributed by atoms with van der Waals surface area (Å²) in [6.45, 7) is 8.30. The first-order chi connectivity index (χ1) is 4.06. The van der Waals surface area contributed by atoms with Crippen molar-refractivity contribution < 1.29 is 0 Å². The predicted molar refractivity (Wildman–Crippen MR) is 50.4 cm³/mol. The van der Waals surface area contributed by atoms with Gasteiger partial charge in [-0.1, -0.05) is 25.7 Å². The molecule has 56 valence electrons. The summed E-state index contributed by atoms with van der Waals surface area (Å²) in [6.07, 6.45) is 1.27. The smallest absolute Gasteiger partial charge is 0.0310 e. The number of hydrogen-bond acceptors (Lipinski definition) is 1. The highest BCUT2D eigenvalue weighted by Crippen LogP contribution is 2.01. The summed E-state index contributed by atoms with van der Waals surface area (Å²) in [4.78, 5) is 0. The summed E-state index contributed by atoms with van der Waals surface area (Å²) in [6, 6.07) is 1.48. The molecule has 0 aromatic rings. The Balaban J connectivity index is 3.07. The molecule has 0 aliphatic heterocycles. The van der Waals surface area contributed by atoms with Gasteiger partial charge in [0.1, 0.15) is 0 Å². The summed E-state index contributed by atoms with van der Waals surface area (Å²) in [5.41, 5.74) is 5.40. The standard InChI is InChI=1S/C6H19NSi2/c1-9(2,3)8-6-4-5-7/h4-8H2,1-3H3. The minimum absolute atomic E-state index is 0.298. The maximum absolute atomic E-state index is 5.40. The van der Waals surface area contributed by atoms with Crippen molar-refractivity contribution in [2.24, 2.45) is 5.73 Å². The maximum Gasteiger partial charge on any atom is 0.0310 e. The van der Waals surface area contributed by atoms with E-state index in [0.717, 1.165) is 6.54 Å². The molecule has 9 heavy (non-hydrogen) atoms. The monoisotopic (exact) mass is 161 g/mol. The molecule has 1 nitrogen and oxygen atoms in total. The molecule has 2 N–H and O–H groups in total. The third-order valence-electron chi connectivity index (χ3n) is 1.38. The molecule has 0 aromatic carbocycles. The van der Waals surface area contributed by atoms with E-state index in [4.69, 9.17) is 5.73 Å². The zero-order valence-corrected chi connectivity index (χ0v) is 9.32. The molecule has 0 rings (SSSR count). The topological polar surface area (TPSA) is 26.0 Å². The average Bonchev–Trinajstić information content (AvgIpc) is 1.63. The van der Waals surface area contributed by atoms with Crippen LogP contribution in [0.4, 0.5) is 0 Å². The minimum atomic E-state index is -0.611. The Bertz CT molecular complexity index is 67.9. The van der Waals surface area contributed by atoms with Gasteiger partial charge in [-0.2, -0.15) is 0 Å². The highest BCUT2D eigenvalue weighted by molar-refractivity contribution is 7.23. The fourth-order valence-corrected chi connectivity index (χ4v) is 6.33. The zero-order valence-electron chi connectivity index (χ0n) is 6.91. The van der Waals surface area contributed by atoms with Crippen LogP contribution in [0, 0.1) is 0 Å². The molecule has 0 atom stereocenters. The molecule has 0 aliphatic carbocycles. The van der Waals surface area contributed by atoms with E-state index in [1.807, 2.05) is 0 Å². The molecule has 0 unspecified atom stereocenters. The number of nitrogens with two attached hydrogens (primary N) is 1. The molecule has 0 radical (unpaired) electrons. The van der Waals surface area contributed by atoms with Crippen LogP contribution in [0.2, 0.25) is 25.7 Å². The van der Waals surface area contributed by atoms with Gasteiger partial charge >= 0.3 is 0 Å². The van der Waals surface area contributed by atoms with Crippen LogP contribution in [0.3, 0.4) is 0 Å². The SMILES string of the molecule is C[Si](C)(C)[SiH2]CCCN. The Labute approximate surface area is 61.6 Å². The Morgan fingerprint density at radius 1 is 1.33 bits per heavy atom. The first-order valence-corrected chi connectivity index (χ1v) is 10.6. The van der Waals surface area contributed by atoms with Crippen LogP contribution < -0.4 is 5.73 Å². The summed E-state index contributed by atoms with van der Waals surface area (Å²) in [5.74, 6) is 0. The van der Waals surface area contributed by atoms with Gasteiger partial charge in [0.15, 0.2) is 0 Å². The molecule has 0 amide bonds. The van der Waals surface area contributed by atoms with Crippen molar-refractivity contribution in [2.45, 2.75) is 32.1 Å². The van der Waals surface area contributed by atoms with Crippen LogP contribution in [0.25, 0.3) is 0 Å². The Hall–Kier alpha value is 0.394. The van der Waals surface area contributed by atoms with Crippen molar-refractivity contribution in [3.8, 4) is 0 Å². The molecule has 0 bridgehead atoms. The molecule has 0 fully saturated rings. The van der Waals surface area contributed by atoms with Crippen molar-refractivity contribution in [3.05, 3.63) is 0 Å². The lowest BCUT2D eigenvalue weighted by atomic mass is 10.5. The summed E-state index contributed by atoms with van der Waals surface area (Å²) >= 11 is 0. The fourth-order valence-electron chi connectivity index (χ4n) is 0.800. The largest absolute Gasteiger partial charge is 0.330 e. The van der Waals surface area contributed by atoms with Crippen LogP contribution >= 0.6 is 0 Å². The van der Waals surface area contributed by atoms with Crippen LogP contribution in [-0.2, 0) is 0 Å². The Kier molecular flexibility index (Phi) is 4.43. The summed E-state index contributed by atoms with van der Waals surface area (Å²) in [7, 11) is -0.314. The van der Waals surface area contributed by atoms with Gasteiger partial charge < -0.3 is 5.73 Å². The molecule has 3 heteroatoms. The molecule has 0 heterocycles. The van der Waals surface area contributed by atoms with Gasteiger partial charge in [-0.3, -0.25) is 0 Å². The zero-order chi connectivity index (χ0) is 7.33. The molecular formula is C6H19NSi2. The van der Waals surface area contributed by atoms with Gasteiger partial charge in [0.05, 0.1) is 0 Å². The van der Waals surface area contributed by atoms with E-state index < -0.39 is 7.59 Å². The average molecular weight is 161 g/mol. The molecular weight excluding hydrogens is 142 g/mol. The van der Waals surface area contributed by atoms with E-state index in [0.29, 0.717) is 9.04 Å². The van der Waals surface area contributed by atoms with E-state index in [2.05, 4.69) is 19.6 Å². The van der Waals surface area contributed by atoms with E-state index >= 15 is 0 Å². The number of rotatable bonds is 4. The first kappa shape index (κ1) is 9.39. The van der Waals surface area contributed by atoms with Crippen LogP contribution in [0.1, 0.15) is 6.42 Å². The van der Waals surface area contributed by atoms with Gasteiger partial charge in [-0.05, 0) is 13.0 Å². The van der Waals surface area contributed by atoms with Gasteiger partial charge in [0.25, 0.3) is 0 Å². The lowest BCUT2D eigenvalue weighted by Crippen LogP contribution is -2.29. The van der Waals surface area contributed by atoms with Crippen molar-refractivity contribution >= 4 is 16.6 Å². The van der Waals surface area contributed by atoms with Crippen molar-refractivity contribution in [1.29, 1.82) is 0 Å². The lowest BCUT2D eigenvalue weighted by molar-refractivity contribution is 0.928. The summed E-state index contributed by atoms with van der Waals surface area (Å²) in [5, 5.41) is 0. The second-order valence-electron chi connectivity index (χ2n) is 3.81. The molecule has 0 aromatic heterocycles. The Morgan fingerprint density at radius 2 is 1.89 bits per heavy atom. The minimum Gasteiger partial charge on any atom is -0.330 e. The van der Waals surface area contributed by atoms with Gasteiger partial charge in [-0.25, -0.2) is 0 Å². The molecule has 0 saturated carbocycles. The highest BCUT2D eigenvalue weighted by Gasteiger charge is 2.11. The van der Waals surface area contributed by atoms with E-state index in [1.54, 1.807) is 0 Å². The quantitative estimate of drug-likeness (QED) is 0.478.